The molecule has 0 aliphatic heterocycles. The molecule has 4 aromatic carbocycles. The summed E-state index contributed by atoms with van der Waals surface area (Å²) >= 11 is 0. The lowest BCUT2D eigenvalue weighted by molar-refractivity contribution is 0.0458. The van der Waals surface area contributed by atoms with Gasteiger partial charge < -0.3 is 14.2 Å². The average Bonchev–Trinajstić information content (AvgIpc) is 2.90. The molecule has 0 aromatic heterocycles. The molecule has 4 aromatic rings. The third-order valence-electron chi connectivity index (χ3n) is 5.11. The van der Waals surface area contributed by atoms with Crippen molar-refractivity contribution in [2.45, 2.75) is 19.8 Å². The third-order valence-corrected chi connectivity index (χ3v) is 5.11. The molecular weight excluding hydrogens is 457 g/mol. The summed E-state index contributed by atoms with van der Waals surface area (Å²) in [5.41, 5.74) is 0.896. The van der Waals surface area contributed by atoms with Gasteiger partial charge in [-0.15, -0.1) is 0 Å². The van der Waals surface area contributed by atoms with Crippen molar-refractivity contribution in [3.05, 3.63) is 131 Å². The molecule has 0 fully saturated rings. The summed E-state index contributed by atoms with van der Waals surface area (Å²) in [6.07, 6.45) is 0. The molecule has 0 saturated carbocycles. The third kappa shape index (κ3) is 5.81. The Morgan fingerprint density at radius 3 is 1.46 bits per heavy atom. The first-order chi connectivity index (χ1) is 17.0. The minimum absolute atomic E-state index is 0.195. The Balaban J connectivity index is 1.66. The topological polar surface area (TPSA) is 44.8 Å². The molecule has 0 spiro atoms. The molecule has 0 unspecified atom stereocenters. The first kappa shape index (κ1) is 23.9. The number of carbonyl (C=O) groups excluding carboxylic acids is 1. The van der Waals surface area contributed by atoms with Crippen LogP contribution in [0.5, 0.6) is 11.5 Å². The van der Waals surface area contributed by atoms with Crippen LogP contribution >= 0.6 is 0 Å². The lowest BCUT2D eigenvalue weighted by Gasteiger charge is -2.17. The highest BCUT2D eigenvalue weighted by molar-refractivity contribution is 5.93. The monoisotopic (exact) mass is 478 g/mol. The first-order valence-corrected chi connectivity index (χ1v) is 10.8. The Bertz CT molecular complexity index is 1280. The van der Waals surface area contributed by atoms with Gasteiger partial charge in [0.15, 0.2) is 17.3 Å². The molecule has 0 aliphatic rings. The Morgan fingerprint density at radius 1 is 0.543 bits per heavy atom. The van der Waals surface area contributed by atoms with Crippen LogP contribution in [0.3, 0.4) is 0 Å². The fourth-order valence-corrected chi connectivity index (χ4v) is 3.32. The first-order valence-electron chi connectivity index (χ1n) is 10.8. The second-order valence-corrected chi connectivity index (χ2v) is 7.59. The van der Waals surface area contributed by atoms with Gasteiger partial charge >= 0.3 is 5.97 Å². The number of ether oxygens (including phenoxy) is 3. The minimum Gasteiger partial charge on any atom is -0.485 e. The van der Waals surface area contributed by atoms with Crippen LogP contribution in [-0.4, -0.2) is 5.97 Å². The van der Waals surface area contributed by atoms with E-state index >= 15 is 8.78 Å². The lowest BCUT2D eigenvalue weighted by atomic mass is 10.1. The fourth-order valence-electron chi connectivity index (χ4n) is 3.32. The van der Waals surface area contributed by atoms with E-state index in [0.29, 0.717) is 16.7 Å². The van der Waals surface area contributed by atoms with E-state index in [1.165, 1.54) is 0 Å². The maximum absolute atomic E-state index is 15.4. The van der Waals surface area contributed by atoms with E-state index in [2.05, 4.69) is 0 Å². The summed E-state index contributed by atoms with van der Waals surface area (Å²) in [5.74, 6) is -7.61. The number of hydrogen-bond donors (Lipinski definition) is 0. The van der Waals surface area contributed by atoms with Gasteiger partial charge in [-0.3, -0.25) is 0 Å². The van der Waals surface area contributed by atoms with E-state index in [0.717, 1.165) is 0 Å². The van der Waals surface area contributed by atoms with E-state index in [-0.39, 0.29) is 19.8 Å². The largest absolute Gasteiger partial charge is 0.485 e. The number of carbonyl (C=O) groups is 1. The number of rotatable bonds is 9. The summed E-state index contributed by atoms with van der Waals surface area (Å²) in [4.78, 5) is 12.7. The van der Waals surface area contributed by atoms with Crippen molar-refractivity contribution in [3.63, 3.8) is 0 Å². The molecule has 4 rings (SSSR count). The van der Waals surface area contributed by atoms with E-state index in [1.54, 1.807) is 91.0 Å². The molecule has 0 bridgehead atoms. The Labute approximate surface area is 200 Å². The second kappa shape index (κ2) is 11.2. The Hall–Kier alpha value is -4.26. The maximum Gasteiger partial charge on any atom is 0.345 e. The van der Waals surface area contributed by atoms with Gasteiger partial charge in [0.05, 0.1) is 0 Å². The van der Waals surface area contributed by atoms with Crippen molar-refractivity contribution in [1.29, 1.82) is 0 Å². The molecule has 4 nitrogen and oxygen atoms in total. The molecular formula is C28H21F3O4. The van der Waals surface area contributed by atoms with Gasteiger partial charge in [-0.2, -0.15) is 8.78 Å². The number of hydrogen-bond acceptors (Lipinski definition) is 4. The second-order valence-electron chi connectivity index (χ2n) is 7.59. The molecule has 7 heteroatoms. The van der Waals surface area contributed by atoms with E-state index in [4.69, 9.17) is 14.2 Å². The van der Waals surface area contributed by atoms with Crippen LogP contribution in [0.1, 0.15) is 27.0 Å². The number of halogens is 3. The maximum atomic E-state index is 15.4. The number of esters is 1. The quantitative estimate of drug-likeness (QED) is 0.200. The molecule has 35 heavy (non-hydrogen) atoms. The fraction of sp³-hybridized carbons (Fsp3) is 0.107. The van der Waals surface area contributed by atoms with Crippen molar-refractivity contribution in [2.75, 3.05) is 0 Å². The summed E-state index contributed by atoms with van der Waals surface area (Å²) in [6.45, 7) is -0.628. The molecule has 0 heterocycles. The van der Waals surface area contributed by atoms with Crippen LogP contribution < -0.4 is 9.47 Å². The molecule has 0 aliphatic carbocycles. The molecule has 0 N–H and O–H groups in total. The van der Waals surface area contributed by atoms with E-state index < -0.39 is 40.5 Å². The van der Waals surface area contributed by atoms with Crippen LogP contribution in [0.15, 0.2) is 91.0 Å². The Morgan fingerprint density at radius 2 is 0.971 bits per heavy atom. The minimum atomic E-state index is -1.64. The SMILES string of the molecule is O=C(OCc1ccccc1)c1c(F)c(F)c(OCc2ccccc2)c(F)c1OCc1ccccc1. The summed E-state index contributed by atoms with van der Waals surface area (Å²) in [7, 11) is 0. The molecule has 0 radical (unpaired) electrons. The molecule has 0 amide bonds. The predicted octanol–water partition coefficient (Wildman–Crippen LogP) is 6.62. The van der Waals surface area contributed by atoms with Crippen molar-refractivity contribution >= 4 is 5.97 Å². The van der Waals surface area contributed by atoms with Gasteiger partial charge in [0, 0.05) is 0 Å². The zero-order chi connectivity index (χ0) is 24.6. The lowest BCUT2D eigenvalue weighted by Crippen LogP contribution is -2.15. The van der Waals surface area contributed by atoms with Crippen LogP contribution in [0.25, 0.3) is 0 Å². The van der Waals surface area contributed by atoms with E-state index in [1.807, 2.05) is 0 Å². The van der Waals surface area contributed by atoms with Crippen molar-refractivity contribution < 1.29 is 32.2 Å². The molecule has 178 valence electrons. The van der Waals surface area contributed by atoms with Gasteiger partial charge in [-0.05, 0) is 16.7 Å². The van der Waals surface area contributed by atoms with Crippen LogP contribution in [0.4, 0.5) is 13.2 Å². The van der Waals surface area contributed by atoms with E-state index in [9.17, 15) is 9.18 Å². The van der Waals surface area contributed by atoms with Gasteiger partial charge in [0.2, 0.25) is 11.6 Å². The van der Waals surface area contributed by atoms with Gasteiger partial charge in [-0.25, -0.2) is 9.18 Å². The van der Waals surface area contributed by atoms with Gasteiger partial charge in [0.25, 0.3) is 0 Å². The van der Waals surface area contributed by atoms with Crippen LogP contribution in [0.2, 0.25) is 0 Å². The summed E-state index contributed by atoms with van der Waals surface area (Å²) < 4.78 is 61.4. The zero-order valence-corrected chi connectivity index (χ0v) is 18.5. The molecule has 0 atom stereocenters. The van der Waals surface area contributed by atoms with Crippen molar-refractivity contribution in [1.82, 2.24) is 0 Å². The number of benzene rings is 4. The van der Waals surface area contributed by atoms with Crippen molar-refractivity contribution in [3.8, 4) is 11.5 Å². The highest BCUT2D eigenvalue weighted by atomic mass is 19.2. The Kier molecular flexibility index (Phi) is 7.67. The van der Waals surface area contributed by atoms with Crippen LogP contribution in [-0.2, 0) is 24.6 Å². The van der Waals surface area contributed by atoms with Gasteiger partial charge in [0.1, 0.15) is 25.4 Å². The van der Waals surface area contributed by atoms with Crippen molar-refractivity contribution in [2.24, 2.45) is 0 Å². The summed E-state index contributed by atoms with van der Waals surface area (Å²) in [5, 5.41) is 0. The normalized spacial score (nSPS) is 10.6. The highest BCUT2D eigenvalue weighted by Crippen LogP contribution is 2.37. The zero-order valence-electron chi connectivity index (χ0n) is 18.5. The highest BCUT2D eigenvalue weighted by Gasteiger charge is 2.32. The standard InChI is InChI=1S/C28H21F3O4/c29-23-22(28(32)35-18-21-14-8-3-9-15-21)26(33-16-19-10-4-1-5-11-19)25(31)27(24(23)30)34-17-20-12-6-2-7-13-20/h1-15H,16-18H2. The average molecular weight is 478 g/mol. The van der Waals surface area contributed by atoms with Gasteiger partial charge in [-0.1, -0.05) is 91.0 Å². The molecule has 0 saturated heterocycles. The smallest absolute Gasteiger partial charge is 0.345 e. The van der Waals surface area contributed by atoms with Crippen LogP contribution in [0, 0.1) is 17.5 Å². The summed E-state index contributed by atoms with van der Waals surface area (Å²) in [6, 6.07) is 25.9. The predicted molar refractivity (Wildman–Crippen MR) is 123 cm³/mol.